The number of morpholine rings is 1. The van der Waals surface area contributed by atoms with Crippen LogP contribution in [0.2, 0.25) is 5.02 Å². The molecule has 2 rings (SSSR count). The van der Waals surface area contributed by atoms with E-state index in [2.05, 4.69) is 10.2 Å². The predicted molar refractivity (Wildman–Crippen MR) is 73.7 cm³/mol. The van der Waals surface area contributed by atoms with E-state index < -0.39 is 6.09 Å². The number of benzene rings is 1. The summed E-state index contributed by atoms with van der Waals surface area (Å²) in [6, 6.07) is 7.04. The average Bonchev–Trinajstić information content (AvgIpc) is 2.43. The van der Waals surface area contributed by atoms with Crippen LogP contribution in [0.15, 0.2) is 24.3 Å². The maximum absolute atomic E-state index is 11.6. The van der Waals surface area contributed by atoms with Crippen molar-refractivity contribution in [3.8, 4) is 0 Å². The Morgan fingerprint density at radius 2 is 2.11 bits per heavy atom. The van der Waals surface area contributed by atoms with Crippen molar-refractivity contribution in [3.63, 3.8) is 0 Å². The van der Waals surface area contributed by atoms with E-state index in [4.69, 9.17) is 21.1 Å². The number of nitrogens with zero attached hydrogens (tertiary/aromatic N) is 1. The van der Waals surface area contributed by atoms with E-state index in [1.165, 1.54) is 0 Å². The first kappa shape index (κ1) is 14.1. The summed E-state index contributed by atoms with van der Waals surface area (Å²) in [5.41, 5.74) is 0.556. The third-order valence-electron chi connectivity index (χ3n) is 2.85. The van der Waals surface area contributed by atoms with Gasteiger partial charge in [0.1, 0.15) is 6.61 Å². The summed E-state index contributed by atoms with van der Waals surface area (Å²) in [4.78, 5) is 13.8. The van der Waals surface area contributed by atoms with E-state index in [1.54, 1.807) is 24.3 Å². The minimum atomic E-state index is -0.485. The molecule has 1 saturated heterocycles. The van der Waals surface area contributed by atoms with Gasteiger partial charge in [0.15, 0.2) is 0 Å². The SMILES string of the molecule is O=C(Nc1ccccc1Cl)OCCN1CCOCC1. The Morgan fingerprint density at radius 3 is 2.84 bits per heavy atom. The zero-order chi connectivity index (χ0) is 13.5. The quantitative estimate of drug-likeness (QED) is 0.921. The van der Waals surface area contributed by atoms with E-state index in [0.29, 0.717) is 17.3 Å². The largest absolute Gasteiger partial charge is 0.448 e. The number of ether oxygens (including phenoxy) is 2. The van der Waals surface area contributed by atoms with Crippen LogP contribution in [0.25, 0.3) is 0 Å². The number of anilines is 1. The minimum Gasteiger partial charge on any atom is -0.448 e. The average molecular weight is 285 g/mol. The van der Waals surface area contributed by atoms with Crippen molar-refractivity contribution >= 4 is 23.4 Å². The molecule has 0 atom stereocenters. The topological polar surface area (TPSA) is 50.8 Å². The molecule has 0 bridgehead atoms. The van der Waals surface area contributed by atoms with Crippen LogP contribution in [0.1, 0.15) is 0 Å². The molecule has 104 valence electrons. The smallest absolute Gasteiger partial charge is 0.411 e. The third kappa shape index (κ3) is 4.70. The molecule has 0 saturated carbocycles. The lowest BCUT2D eigenvalue weighted by atomic mass is 10.3. The molecule has 6 heteroatoms. The number of rotatable bonds is 4. The van der Waals surface area contributed by atoms with Crippen molar-refractivity contribution in [1.82, 2.24) is 4.90 Å². The van der Waals surface area contributed by atoms with E-state index in [-0.39, 0.29) is 0 Å². The van der Waals surface area contributed by atoms with Crippen molar-refractivity contribution in [2.75, 3.05) is 44.8 Å². The highest BCUT2D eigenvalue weighted by Gasteiger charge is 2.11. The summed E-state index contributed by atoms with van der Waals surface area (Å²) in [5.74, 6) is 0. The highest BCUT2D eigenvalue weighted by molar-refractivity contribution is 6.33. The molecule has 0 aliphatic carbocycles. The van der Waals surface area contributed by atoms with Crippen molar-refractivity contribution in [1.29, 1.82) is 0 Å². The first-order valence-corrected chi connectivity index (χ1v) is 6.62. The number of hydrogen-bond acceptors (Lipinski definition) is 4. The van der Waals surface area contributed by atoms with Gasteiger partial charge in [-0.2, -0.15) is 0 Å². The highest BCUT2D eigenvalue weighted by Crippen LogP contribution is 2.20. The lowest BCUT2D eigenvalue weighted by Crippen LogP contribution is -2.38. The molecule has 0 aromatic heterocycles. The van der Waals surface area contributed by atoms with Crippen LogP contribution in [0.3, 0.4) is 0 Å². The molecule has 1 aromatic rings. The second-order valence-corrected chi connectivity index (χ2v) is 4.60. The summed E-state index contributed by atoms with van der Waals surface area (Å²) in [7, 11) is 0. The van der Waals surface area contributed by atoms with Crippen LogP contribution in [0.4, 0.5) is 10.5 Å². The maximum atomic E-state index is 11.6. The number of para-hydroxylation sites is 1. The first-order valence-electron chi connectivity index (χ1n) is 6.24. The number of nitrogens with one attached hydrogen (secondary N) is 1. The molecule has 1 amide bonds. The van der Waals surface area contributed by atoms with Crippen LogP contribution in [-0.2, 0) is 9.47 Å². The van der Waals surface area contributed by atoms with Crippen molar-refractivity contribution in [2.24, 2.45) is 0 Å². The van der Waals surface area contributed by atoms with Gasteiger partial charge in [0.25, 0.3) is 0 Å². The predicted octanol–water partition coefficient (Wildman–Crippen LogP) is 2.22. The van der Waals surface area contributed by atoms with Crippen LogP contribution in [-0.4, -0.2) is 50.4 Å². The third-order valence-corrected chi connectivity index (χ3v) is 3.18. The molecule has 1 heterocycles. The number of carbonyl (C=O) groups is 1. The second-order valence-electron chi connectivity index (χ2n) is 4.19. The Kier molecular flexibility index (Phi) is 5.44. The molecular formula is C13H17ClN2O3. The number of amides is 1. The lowest BCUT2D eigenvalue weighted by Gasteiger charge is -2.26. The number of carbonyl (C=O) groups excluding carboxylic acids is 1. The van der Waals surface area contributed by atoms with Gasteiger partial charge in [0, 0.05) is 19.6 Å². The van der Waals surface area contributed by atoms with Gasteiger partial charge in [-0.1, -0.05) is 23.7 Å². The number of halogens is 1. The fraction of sp³-hybridized carbons (Fsp3) is 0.462. The molecule has 1 aromatic carbocycles. The van der Waals surface area contributed by atoms with E-state index in [1.807, 2.05) is 0 Å². The summed E-state index contributed by atoms with van der Waals surface area (Å²) in [5, 5.41) is 3.10. The fourth-order valence-electron chi connectivity index (χ4n) is 1.80. The van der Waals surface area contributed by atoms with Gasteiger partial charge in [-0.3, -0.25) is 10.2 Å². The Morgan fingerprint density at radius 1 is 1.37 bits per heavy atom. The minimum absolute atomic E-state index is 0.357. The highest BCUT2D eigenvalue weighted by atomic mass is 35.5. The Hall–Kier alpha value is -1.30. The standard InChI is InChI=1S/C13H17ClN2O3/c14-11-3-1-2-4-12(11)15-13(17)19-10-7-16-5-8-18-9-6-16/h1-4H,5-10H2,(H,15,17). The molecule has 1 aliphatic rings. The maximum Gasteiger partial charge on any atom is 0.411 e. The second kappa shape index (κ2) is 7.33. The number of hydrogen-bond donors (Lipinski definition) is 1. The normalized spacial score (nSPS) is 16.1. The molecular weight excluding hydrogens is 268 g/mol. The molecule has 1 N–H and O–H groups in total. The summed E-state index contributed by atoms with van der Waals surface area (Å²) >= 11 is 5.93. The molecule has 1 aliphatic heterocycles. The van der Waals surface area contributed by atoms with Gasteiger partial charge in [0.05, 0.1) is 23.9 Å². The zero-order valence-electron chi connectivity index (χ0n) is 10.6. The lowest BCUT2D eigenvalue weighted by molar-refractivity contribution is 0.0290. The molecule has 1 fully saturated rings. The molecule has 19 heavy (non-hydrogen) atoms. The Bertz CT molecular complexity index is 422. The van der Waals surface area contributed by atoms with Crippen LogP contribution < -0.4 is 5.32 Å². The van der Waals surface area contributed by atoms with Gasteiger partial charge in [-0.15, -0.1) is 0 Å². The van der Waals surface area contributed by atoms with Crippen LogP contribution in [0.5, 0.6) is 0 Å². The van der Waals surface area contributed by atoms with Gasteiger partial charge >= 0.3 is 6.09 Å². The summed E-state index contributed by atoms with van der Waals surface area (Å²) in [6.45, 7) is 4.33. The zero-order valence-corrected chi connectivity index (χ0v) is 11.4. The van der Waals surface area contributed by atoms with Crippen molar-refractivity contribution < 1.29 is 14.3 Å². The van der Waals surface area contributed by atoms with Gasteiger partial charge in [-0.25, -0.2) is 4.79 Å². The van der Waals surface area contributed by atoms with Crippen molar-refractivity contribution in [2.45, 2.75) is 0 Å². The van der Waals surface area contributed by atoms with Crippen molar-refractivity contribution in [3.05, 3.63) is 29.3 Å². The fourth-order valence-corrected chi connectivity index (χ4v) is 1.98. The van der Waals surface area contributed by atoms with Gasteiger partial charge < -0.3 is 9.47 Å². The van der Waals surface area contributed by atoms with Gasteiger partial charge in [-0.05, 0) is 12.1 Å². The summed E-state index contributed by atoms with van der Waals surface area (Å²) in [6.07, 6.45) is -0.485. The van der Waals surface area contributed by atoms with Gasteiger partial charge in [0.2, 0.25) is 0 Å². The Labute approximate surface area is 117 Å². The molecule has 0 spiro atoms. The molecule has 5 nitrogen and oxygen atoms in total. The Balaban J connectivity index is 1.68. The first-order chi connectivity index (χ1) is 9.25. The van der Waals surface area contributed by atoms with E-state index in [9.17, 15) is 4.79 Å². The molecule has 0 radical (unpaired) electrons. The van der Waals surface area contributed by atoms with Crippen LogP contribution in [0, 0.1) is 0 Å². The summed E-state index contributed by atoms with van der Waals surface area (Å²) < 4.78 is 10.4. The van der Waals surface area contributed by atoms with E-state index >= 15 is 0 Å². The molecule has 0 unspecified atom stereocenters. The van der Waals surface area contributed by atoms with E-state index in [0.717, 1.165) is 32.8 Å². The monoisotopic (exact) mass is 284 g/mol. The van der Waals surface area contributed by atoms with Crippen LogP contribution >= 0.6 is 11.6 Å².